The zero-order chi connectivity index (χ0) is 17.9. The van der Waals surface area contributed by atoms with Crippen molar-refractivity contribution in [3.63, 3.8) is 0 Å². The highest BCUT2D eigenvalue weighted by Gasteiger charge is 2.39. The second-order valence-electron chi connectivity index (χ2n) is 6.81. The molecule has 0 amide bonds. The van der Waals surface area contributed by atoms with Gasteiger partial charge in [-0.05, 0) is 51.6 Å². The van der Waals surface area contributed by atoms with Crippen molar-refractivity contribution in [2.75, 3.05) is 13.1 Å². The molecule has 0 atom stereocenters. The summed E-state index contributed by atoms with van der Waals surface area (Å²) in [5, 5.41) is 8.17. The SMILES string of the molecule is NOC(=O)C1CCC(n2cc(C3(F)CCN([B]C=O)CC3)nn2)CC1. The van der Waals surface area contributed by atoms with E-state index in [-0.39, 0.29) is 30.8 Å². The first-order chi connectivity index (χ1) is 12.1. The summed E-state index contributed by atoms with van der Waals surface area (Å²) in [7, 11) is 1.45. The Morgan fingerprint density at radius 1 is 1.36 bits per heavy atom. The number of nitrogens with zero attached hydrogens (tertiary/aromatic N) is 4. The molecule has 1 aromatic heterocycles. The van der Waals surface area contributed by atoms with Crippen molar-refractivity contribution in [1.82, 2.24) is 19.8 Å². The molecule has 8 nitrogen and oxygen atoms in total. The van der Waals surface area contributed by atoms with Crippen LogP contribution >= 0.6 is 0 Å². The second kappa shape index (κ2) is 7.61. The van der Waals surface area contributed by atoms with Crippen molar-refractivity contribution in [3.05, 3.63) is 11.9 Å². The van der Waals surface area contributed by atoms with Crippen LogP contribution in [0.2, 0.25) is 0 Å². The molecule has 135 valence electrons. The molecule has 2 fully saturated rings. The predicted octanol–water partition coefficient (Wildman–Crippen LogP) is 0.496. The van der Waals surface area contributed by atoms with Gasteiger partial charge in [0.2, 0.25) is 0 Å². The fourth-order valence-corrected chi connectivity index (χ4v) is 3.70. The van der Waals surface area contributed by atoms with E-state index >= 15 is 4.39 Å². The third kappa shape index (κ3) is 3.90. The molecule has 1 aliphatic carbocycles. The van der Waals surface area contributed by atoms with E-state index in [2.05, 4.69) is 15.1 Å². The zero-order valence-corrected chi connectivity index (χ0v) is 14.0. The molecule has 2 N–H and O–H groups in total. The molecule has 0 aromatic carbocycles. The first-order valence-electron chi connectivity index (χ1n) is 8.60. The second-order valence-corrected chi connectivity index (χ2v) is 6.81. The van der Waals surface area contributed by atoms with Crippen molar-refractivity contribution in [2.24, 2.45) is 11.8 Å². The van der Waals surface area contributed by atoms with Gasteiger partial charge in [-0.3, -0.25) is 4.79 Å². The number of aromatic nitrogens is 3. The lowest BCUT2D eigenvalue weighted by Crippen LogP contribution is -2.42. The molecule has 1 radical (unpaired) electrons. The van der Waals surface area contributed by atoms with Gasteiger partial charge >= 0.3 is 5.97 Å². The number of carbonyl (C=O) groups is 2. The highest BCUT2D eigenvalue weighted by Crippen LogP contribution is 2.37. The number of rotatable bonds is 5. The summed E-state index contributed by atoms with van der Waals surface area (Å²) in [5.41, 5.74) is -1.16. The van der Waals surface area contributed by atoms with Gasteiger partial charge in [0.25, 0.3) is 7.41 Å². The van der Waals surface area contributed by atoms with E-state index in [4.69, 9.17) is 5.90 Å². The summed E-state index contributed by atoms with van der Waals surface area (Å²) in [6.45, 7) is 0.961. The normalized spacial score (nSPS) is 26.8. The fourth-order valence-electron chi connectivity index (χ4n) is 3.70. The van der Waals surface area contributed by atoms with Crippen LogP contribution in [0.1, 0.15) is 50.3 Å². The standard InChI is InChI=1S/C15H22BFN5O3/c17-15(5-7-21(8-6-15)16-10-23)13-9-22(20-19-13)12-3-1-11(2-4-12)14(24)25-18/h9-12H,1-8,18H2. The van der Waals surface area contributed by atoms with E-state index in [0.717, 1.165) is 19.0 Å². The maximum Gasteiger partial charge on any atom is 0.327 e. The van der Waals surface area contributed by atoms with Crippen LogP contribution in [-0.4, -0.2) is 52.5 Å². The summed E-state index contributed by atoms with van der Waals surface area (Å²) < 4.78 is 16.9. The lowest BCUT2D eigenvalue weighted by atomic mass is 9.84. The minimum Gasteiger partial charge on any atom is -0.373 e. The van der Waals surface area contributed by atoms with Crippen molar-refractivity contribution in [1.29, 1.82) is 0 Å². The Kier molecular flexibility index (Phi) is 5.48. The van der Waals surface area contributed by atoms with Crippen LogP contribution in [0, 0.1) is 5.92 Å². The number of nitrogens with two attached hydrogens (primary N) is 1. The van der Waals surface area contributed by atoms with E-state index in [9.17, 15) is 9.59 Å². The maximum atomic E-state index is 15.2. The van der Waals surface area contributed by atoms with Crippen LogP contribution in [0.15, 0.2) is 6.20 Å². The van der Waals surface area contributed by atoms with Crippen LogP contribution in [0.4, 0.5) is 4.39 Å². The van der Waals surface area contributed by atoms with Gasteiger partial charge in [0, 0.05) is 0 Å². The number of piperidine rings is 1. The number of halogens is 1. The average Bonchev–Trinajstić information content (AvgIpc) is 3.14. The molecular formula is C15H22BFN5O3. The van der Waals surface area contributed by atoms with Gasteiger partial charge in [0.15, 0.2) is 5.67 Å². The number of hydrogen-bond donors (Lipinski definition) is 1. The molecule has 0 bridgehead atoms. The third-order valence-corrected chi connectivity index (χ3v) is 5.35. The van der Waals surface area contributed by atoms with Gasteiger partial charge in [0.05, 0.1) is 24.3 Å². The topological polar surface area (TPSA) is 103 Å². The van der Waals surface area contributed by atoms with E-state index in [1.807, 2.05) is 4.81 Å². The van der Waals surface area contributed by atoms with E-state index < -0.39 is 5.67 Å². The van der Waals surface area contributed by atoms with Gasteiger partial charge in [-0.1, -0.05) is 5.21 Å². The van der Waals surface area contributed by atoms with Gasteiger partial charge in [-0.2, -0.15) is 5.90 Å². The van der Waals surface area contributed by atoms with Crippen LogP contribution in [-0.2, 0) is 20.1 Å². The van der Waals surface area contributed by atoms with E-state index in [0.29, 0.717) is 31.6 Å². The predicted molar refractivity (Wildman–Crippen MR) is 87.4 cm³/mol. The highest BCUT2D eigenvalue weighted by atomic mass is 19.1. The summed E-state index contributed by atoms with van der Waals surface area (Å²) >= 11 is 0. The quantitative estimate of drug-likeness (QED) is 0.468. The van der Waals surface area contributed by atoms with Crippen LogP contribution < -0.4 is 5.90 Å². The summed E-state index contributed by atoms with van der Waals surface area (Å²) in [4.78, 5) is 28.1. The van der Waals surface area contributed by atoms with Gasteiger partial charge in [0.1, 0.15) is 5.69 Å². The van der Waals surface area contributed by atoms with Crippen LogP contribution in [0.5, 0.6) is 0 Å². The molecule has 2 aliphatic rings. The molecular weight excluding hydrogens is 328 g/mol. The molecule has 10 heteroatoms. The molecule has 0 unspecified atom stereocenters. The fraction of sp³-hybridized carbons (Fsp3) is 0.733. The minimum absolute atomic E-state index is 0.107. The van der Waals surface area contributed by atoms with E-state index in [1.54, 1.807) is 10.9 Å². The monoisotopic (exact) mass is 350 g/mol. The van der Waals surface area contributed by atoms with Gasteiger partial charge in [-0.25, -0.2) is 9.07 Å². The largest absolute Gasteiger partial charge is 0.373 e. The average molecular weight is 350 g/mol. The summed E-state index contributed by atoms with van der Waals surface area (Å²) in [6.07, 6.45) is 5.83. The van der Waals surface area contributed by atoms with Gasteiger partial charge < -0.3 is 14.4 Å². The Hall–Kier alpha value is -1.81. The lowest BCUT2D eigenvalue weighted by molar-refractivity contribution is -0.150. The Balaban J connectivity index is 1.59. The first kappa shape index (κ1) is 18.0. The highest BCUT2D eigenvalue weighted by molar-refractivity contribution is 6.64. The molecule has 1 saturated heterocycles. The van der Waals surface area contributed by atoms with Crippen molar-refractivity contribution in [3.8, 4) is 0 Å². The Morgan fingerprint density at radius 2 is 2.04 bits per heavy atom. The van der Waals surface area contributed by atoms with E-state index in [1.165, 1.54) is 7.41 Å². The summed E-state index contributed by atoms with van der Waals surface area (Å²) in [6, 6.07) is 0.107. The minimum atomic E-state index is -1.51. The third-order valence-electron chi connectivity index (χ3n) is 5.35. The van der Waals surface area contributed by atoms with Crippen molar-refractivity contribution in [2.45, 2.75) is 50.2 Å². The molecule has 1 saturated carbocycles. The van der Waals surface area contributed by atoms with Crippen molar-refractivity contribution < 1.29 is 18.8 Å². The first-order valence-corrected chi connectivity index (χ1v) is 8.60. The molecule has 0 spiro atoms. The van der Waals surface area contributed by atoms with Crippen LogP contribution in [0.25, 0.3) is 0 Å². The lowest BCUT2D eigenvalue weighted by Gasteiger charge is -2.34. The van der Waals surface area contributed by atoms with Crippen LogP contribution in [0.3, 0.4) is 0 Å². The summed E-state index contributed by atoms with van der Waals surface area (Å²) in [5.74, 6) is 4.39. The molecule has 25 heavy (non-hydrogen) atoms. The molecule has 3 rings (SSSR count). The molecule has 1 aromatic rings. The number of hydrogen-bond acceptors (Lipinski definition) is 7. The molecule has 1 aliphatic heterocycles. The molecule has 2 heterocycles. The van der Waals surface area contributed by atoms with Gasteiger partial charge in [-0.15, -0.1) is 5.10 Å². The zero-order valence-electron chi connectivity index (χ0n) is 14.0. The van der Waals surface area contributed by atoms with Crippen molar-refractivity contribution >= 4 is 19.6 Å². The Labute approximate surface area is 146 Å². The Morgan fingerprint density at radius 3 is 2.64 bits per heavy atom. The number of alkyl halides is 1. The number of carbonyl (C=O) groups excluding carboxylic acids is 2. The smallest absolute Gasteiger partial charge is 0.327 e. The maximum absolute atomic E-state index is 15.2. The Bertz CT molecular complexity index is 612.